The van der Waals surface area contributed by atoms with Gasteiger partial charge in [-0.25, -0.2) is 4.98 Å². The Balaban J connectivity index is 1.96. The van der Waals surface area contributed by atoms with Crippen LogP contribution in [0.2, 0.25) is 0 Å². The second-order valence-electron chi connectivity index (χ2n) is 6.22. The molecule has 4 nitrogen and oxygen atoms in total. The number of hydrogen-bond donors (Lipinski definition) is 1. The molecule has 0 bridgehead atoms. The molecule has 4 heteroatoms. The quantitative estimate of drug-likeness (QED) is 0.893. The predicted molar refractivity (Wildman–Crippen MR) is 76.0 cm³/mol. The van der Waals surface area contributed by atoms with E-state index < -0.39 is 0 Å². The normalized spacial score (nSPS) is 19.6. The van der Waals surface area contributed by atoms with Crippen molar-refractivity contribution in [1.29, 1.82) is 0 Å². The average Bonchev–Trinajstić information content (AvgIpc) is 2.32. The van der Waals surface area contributed by atoms with Crippen LogP contribution >= 0.6 is 0 Å². The van der Waals surface area contributed by atoms with Crippen LogP contribution < -0.4 is 10.2 Å². The maximum atomic E-state index is 4.51. The third kappa shape index (κ3) is 3.34. The van der Waals surface area contributed by atoms with Gasteiger partial charge in [-0.2, -0.15) is 4.98 Å². The summed E-state index contributed by atoms with van der Waals surface area (Å²) in [5.41, 5.74) is 0.513. The van der Waals surface area contributed by atoms with E-state index in [4.69, 9.17) is 0 Å². The highest BCUT2D eigenvalue weighted by atomic mass is 15.2. The van der Waals surface area contributed by atoms with Crippen molar-refractivity contribution >= 4 is 11.8 Å². The third-order valence-electron chi connectivity index (χ3n) is 3.73. The van der Waals surface area contributed by atoms with E-state index in [2.05, 4.69) is 29.1 Å². The van der Waals surface area contributed by atoms with Crippen molar-refractivity contribution in [2.45, 2.75) is 45.6 Å². The van der Waals surface area contributed by atoms with Crippen LogP contribution in [0.1, 0.15) is 39.5 Å². The lowest BCUT2D eigenvalue weighted by Crippen LogP contribution is -2.30. The molecule has 2 rings (SSSR count). The molecule has 1 aromatic rings. The molecule has 0 saturated heterocycles. The van der Waals surface area contributed by atoms with Gasteiger partial charge < -0.3 is 10.2 Å². The number of hydrogen-bond acceptors (Lipinski definition) is 4. The van der Waals surface area contributed by atoms with Gasteiger partial charge in [0.2, 0.25) is 5.95 Å². The first-order chi connectivity index (χ1) is 8.46. The smallest absolute Gasteiger partial charge is 0.226 e. The molecule has 0 atom stereocenters. The summed E-state index contributed by atoms with van der Waals surface area (Å²) in [4.78, 5) is 10.7. The first-order valence-corrected chi connectivity index (χ1v) is 6.73. The molecule has 18 heavy (non-hydrogen) atoms. The van der Waals surface area contributed by atoms with E-state index in [0.717, 1.165) is 11.8 Å². The van der Waals surface area contributed by atoms with E-state index in [1.165, 1.54) is 25.7 Å². The minimum Gasteiger partial charge on any atom is -0.367 e. The fraction of sp³-hybridized carbons (Fsp3) is 0.714. The van der Waals surface area contributed by atoms with Crippen LogP contribution in [0, 0.1) is 5.41 Å². The first-order valence-electron chi connectivity index (χ1n) is 6.73. The number of aromatic nitrogens is 2. The Morgan fingerprint density at radius 3 is 2.56 bits per heavy atom. The highest BCUT2D eigenvalue weighted by molar-refractivity contribution is 5.41. The summed E-state index contributed by atoms with van der Waals surface area (Å²) in [7, 11) is 3.92. The van der Waals surface area contributed by atoms with Crippen molar-refractivity contribution in [3.63, 3.8) is 0 Å². The van der Waals surface area contributed by atoms with Crippen LogP contribution in [0.15, 0.2) is 12.3 Å². The molecule has 1 aromatic heterocycles. The topological polar surface area (TPSA) is 41.1 Å². The molecule has 1 aliphatic carbocycles. The Morgan fingerprint density at radius 1 is 1.28 bits per heavy atom. The monoisotopic (exact) mass is 248 g/mol. The Morgan fingerprint density at radius 2 is 1.94 bits per heavy atom. The van der Waals surface area contributed by atoms with E-state index in [9.17, 15) is 0 Å². The van der Waals surface area contributed by atoms with Crippen LogP contribution in [-0.4, -0.2) is 30.1 Å². The molecule has 0 amide bonds. The largest absolute Gasteiger partial charge is 0.367 e. The Bertz CT molecular complexity index is 391. The highest BCUT2D eigenvalue weighted by Crippen LogP contribution is 2.35. The van der Waals surface area contributed by atoms with Crippen LogP contribution in [0.3, 0.4) is 0 Å². The molecule has 0 unspecified atom stereocenters. The summed E-state index contributed by atoms with van der Waals surface area (Å²) < 4.78 is 0. The zero-order chi connectivity index (χ0) is 13.2. The van der Waals surface area contributed by atoms with Gasteiger partial charge in [0.1, 0.15) is 5.82 Å². The van der Waals surface area contributed by atoms with Crippen molar-refractivity contribution in [2.75, 3.05) is 24.3 Å². The molecule has 1 heterocycles. The lowest BCUT2D eigenvalue weighted by molar-refractivity contribution is 0.232. The second kappa shape index (κ2) is 5.12. The van der Waals surface area contributed by atoms with Gasteiger partial charge in [-0.3, -0.25) is 0 Å². The Labute approximate surface area is 110 Å². The lowest BCUT2D eigenvalue weighted by atomic mass is 9.75. The first kappa shape index (κ1) is 13.1. The van der Waals surface area contributed by atoms with Gasteiger partial charge in [0.05, 0.1) is 0 Å². The third-order valence-corrected chi connectivity index (χ3v) is 3.73. The Kier molecular flexibility index (Phi) is 3.73. The molecule has 100 valence electrons. The molecular weight excluding hydrogens is 224 g/mol. The standard InChI is InChI=1S/C14H24N4/c1-14(2)8-5-11(6-9-14)16-12-7-10-15-13(17-12)18(3)4/h7,10-11H,5-6,8-9H2,1-4H3,(H,15,16,17). The van der Waals surface area contributed by atoms with E-state index in [1.807, 2.05) is 31.3 Å². The Hall–Kier alpha value is -1.32. The van der Waals surface area contributed by atoms with Crippen molar-refractivity contribution in [1.82, 2.24) is 9.97 Å². The van der Waals surface area contributed by atoms with E-state index in [1.54, 1.807) is 0 Å². The SMILES string of the molecule is CN(C)c1nccc(NC2CCC(C)(C)CC2)n1. The van der Waals surface area contributed by atoms with Crippen molar-refractivity contribution in [3.05, 3.63) is 12.3 Å². The number of rotatable bonds is 3. The van der Waals surface area contributed by atoms with Gasteiger partial charge in [0.25, 0.3) is 0 Å². The van der Waals surface area contributed by atoms with Gasteiger partial charge in [-0.05, 0) is 37.2 Å². The van der Waals surface area contributed by atoms with Gasteiger partial charge in [0, 0.05) is 26.3 Å². The lowest BCUT2D eigenvalue weighted by Gasteiger charge is -2.34. The predicted octanol–water partition coefficient (Wildman–Crippen LogP) is 2.92. The minimum atomic E-state index is 0.513. The molecule has 0 aliphatic heterocycles. The highest BCUT2D eigenvalue weighted by Gasteiger charge is 2.26. The van der Waals surface area contributed by atoms with E-state index >= 15 is 0 Å². The maximum absolute atomic E-state index is 4.51. The summed E-state index contributed by atoms with van der Waals surface area (Å²) >= 11 is 0. The van der Waals surface area contributed by atoms with Gasteiger partial charge in [0.15, 0.2) is 0 Å². The van der Waals surface area contributed by atoms with E-state index in [-0.39, 0.29) is 0 Å². The summed E-state index contributed by atoms with van der Waals surface area (Å²) in [5.74, 6) is 1.70. The summed E-state index contributed by atoms with van der Waals surface area (Å²) in [6.45, 7) is 4.72. The van der Waals surface area contributed by atoms with Gasteiger partial charge in [-0.15, -0.1) is 0 Å². The molecule has 0 spiro atoms. The fourth-order valence-electron chi connectivity index (χ4n) is 2.40. The van der Waals surface area contributed by atoms with Crippen LogP contribution in [-0.2, 0) is 0 Å². The van der Waals surface area contributed by atoms with Gasteiger partial charge in [-0.1, -0.05) is 13.8 Å². The fourth-order valence-corrected chi connectivity index (χ4v) is 2.40. The summed E-state index contributed by atoms with van der Waals surface area (Å²) in [6, 6.07) is 2.51. The zero-order valence-electron chi connectivity index (χ0n) is 11.9. The summed E-state index contributed by atoms with van der Waals surface area (Å²) in [5, 5.41) is 3.54. The van der Waals surface area contributed by atoms with Crippen LogP contribution in [0.5, 0.6) is 0 Å². The average molecular weight is 248 g/mol. The van der Waals surface area contributed by atoms with Crippen LogP contribution in [0.4, 0.5) is 11.8 Å². The van der Waals surface area contributed by atoms with Crippen molar-refractivity contribution < 1.29 is 0 Å². The second-order valence-corrected chi connectivity index (χ2v) is 6.22. The van der Waals surface area contributed by atoms with Gasteiger partial charge >= 0.3 is 0 Å². The molecule has 0 radical (unpaired) electrons. The molecule has 1 N–H and O–H groups in total. The molecule has 1 aliphatic rings. The molecular formula is C14H24N4. The van der Waals surface area contributed by atoms with Crippen LogP contribution in [0.25, 0.3) is 0 Å². The molecule has 1 fully saturated rings. The van der Waals surface area contributed by atoms with Crippen molar-refractivity contribution in [2.24, 2.45) is 5.41 Å². The number of nitrogens with one attached hydrogen (secondary N) is 1. The number of anilines is 2. The minimum absolute atomic E-state index is 0.513. The maximum Gasteiger partial charge on any atom is 0.226 e. The molecule has 0 aromatic carbocycles. The molecule has 1 saturated carbocycles. The van der Waals surface area contributed by atoms with E-state index in [0.29, 0.717) is 11.5 Å². The summed E-state index contributed by atoms with van der Waals surface area (Å²) in [6.07, 6.45) is 6.85. The number of nitrogens with zero attached hydrogens (tertiary/aromatic N) is 3. The van der Waals surface area contributed by atoms with Crippen molar-refractivity contribution in [3.8, 4) is 0 Å². The zero-order valence-corrected chi connectivity index (χ0v) is 11.9.